The first-order chi connectivity index (χ1) is 7.09. The highest BCUT2D eigenvalue weighted by Gasteiger charge is 2.51. The quantitative estimate of drug-likeness (QED) is 0.658. The average molecular weight is 206 g/mol. The van der Waals surface area contributed by atoms with E-state index in [1.807, 2.05) is 4.90 Å². The number of carbonyl (C=O) groups is 1. The van der Waals surface area contributed by atoms with Crippen molar-refractivity contribution in [1.29, 1.82) is 5.26 Å². The van der Waals surface area contributed by atoms with Crippen LogP contribution in [0, 0.1) is 22.7 Å². The number of hydrogen-bond donors (Lipinski definition) is 0. The van der Waals surface area contributed by atoms with Crippen LogP contribution in [0.15, 0.2) is 0 Å². The van der Waals surface area contributed by atoms with Crippen molar-refractivity contribution < 1.29 is 4.79 Å². The highest BCUT2D eigenvalue weighted by Crippen LogP contribution is 2.47. The summed E-state index contributed by atoms with van der Waals surface area (Å²) in [5.74, 6) is 0.625. The summed E-state index contributed by atoms with van der Waals surface area (Å²) in [5, 5.41) is 9.17. The second-order valence-electron chi connectivity index (χ2n) is 5.20. The van der Waals surface area contributed by atoms with Gasteiger partial charge in [0.15, 0.2) is 0 Å². The smallest absolute Gasteiger partial charge is 0.243 e. The molecule has 15 heavy (non-hydrogen) atoms. The Kier molecular flexibility index (Phi) is 2.46. The molecule has 0 spiro atoms. The van der Waals surface area contributed by atoms with E-state index in [1.54, 1.807) is 0 Å². The van der Waals surface area contributed by atoms with Gasteiger partial charge < -0.3 is 4.90 Å². The van der Waals surface area contributed by atoms with Crippen LogP contribution in [0.1, 0.15) is 39.5 Å². The maximum atomic E-state index is 12.2. The van der Waals surface area contributed by atoms with E-state index in [2.05, 4.69) is 19.9 Å². The average Bonchev–Trinajstić information content (AvgIpc) is 2.58. The molecule has 0 radical (unpaired) electrons. The lowest BCUT2D eigenvalue weighted by molar-refractivity contribution is -0.145. The van der Waals surface area contributed by atoms with Crippen LogP contribution in [0.2, 0.25) is 0 Å². The van der Waals surface area contributed by atoms with Gasteiger partial charge in [0.25, 0.3) is 0 Å². The van der Waals surface area contributed by atoms with Gasteiger partial charge in [-0.25, -0.2) is 0 Å². The van der Waals surface area contributed by atoms with Crippen LogP contribution in [-0.4, -0.2) is 23.4 Å². The Labute approximate surface area is 91.1 Å². The molecule has 2 fully saturated rings. The molecule has 1 aliphatic heterocycles. The summed E-state index contributed by atoms with van der Waals surface area (Å²) < 4.78 is 0. The lowest BCUT2D eigenvalue weighted by Gasteiger charge is -2.42. The molecule has 0 aromatic rings. The van der Waals surface area contributed by atoms with E-state index in [9.17, 15) is 10.1 Å². The molecule has 82 valence electrons. The van der Waals surface area contributed by atoms with Crippen molar-refractivity contribution in [2.45, 2.75) is 45.6 Å². The minimum absolute atomic E-state index is 0.0908. The lowest BCUT2D eigenvalue weighted by atomic mass is 9.62. The third-order valence-electron chi connectivity index (χ3n) is 3.83. The number of nitrogens with zero attached hydrogens (tertiary/aromatic N) is 2. The monoisotopic (exact) mass is 206 g/mol. The first kappa shape index (κ1) is 10.5. The van der Waals surface area contributed by atoms with E-state index < -0.39 is 5.41 Å². The Bertz CT molecular complexity index is 312. The van der Waals surface area contributed by atoms with Gasteiger partial charge in [0.2, 0.25) is 5.91 Å². The number of nitriles is 1. The molecule has 1 amide bonds. The Hall–Kier alpha value is -1.04. The fourth-order valence-corrected chi connectivity index (χ4v) is 2.95. The SMILES string of the molecule is CC1CC(C#N)(C(=O)N2CCCC2C)C1. The Morgan fingerprint density at radius 3 is 2.53 bits per heavy atom. The molecule has 1 saturated heterocycles. The van der Waals surface area contributed by atoms with Crippen LogP contribution in [0.5, 0.6) is 0 Å². The first-order valence-corrected chi connectivity index (χ1v) is 5.81. The third-order valence-corrected chi connectivity index (χ3v) is 3.83. The lowest BCUT2D eigenvalue weighted by Crippen LogP contribution is -2.50. The second kappa shape index (κ2) is 3.52. The van der Waals surface area contributed by atoms with Crippen LogP contribution in [0.4, 0.5) is 0 Å². The topological polar surface area (TPSA) is 44.1 Å². The highest BCUT2D eigenvalue weighted by atomic mass is 16.2. The normalized spacial score (nSPS) is 39.7. The standard InChI is InChI=1S/C12H18N2O/c1-9-6-12(7-9,8-13)11(15)14-5-3-4-10(14)2/h9-10H,3-7H2,1-2H3. The van der Waals surface area contributed by atoms with Gasteiger partial charge in [-0.15, -0.1) is 0 Å². The second-order valence-corrected chi connectivity index (χ2v) is 5.20. The Balaban J connectivity index is 2.10. The van der Waals surface area contributed by atoms with E-state index in [4.69, 9.17) is 0 Å². The van der Waals surface area contributed by atoms with Crippen molar-refractivity contribution in [3.8, 4) is 6.07 Å². The summed E-state index contributed by atoms with van der Waals surface area (Å²) in [5.41, 5.74) is -0.669. The van der Waals surface area contributed by atoms with E-state index in [1.165, 1.54) is 0 Å². The molecule has 0 aromatic heterocycles. The molecule has 1 unspecified atom stereocenters. The van der Waals surface area contributed by atoms with Gasteiger partial charge in [-0.1, -0.05) is 6.92 Å². The van der Waals surface area contributed by atoms with Crippen LogP contribution in [0.3, 0.4) is 0 Å². The first-order valence-electron chi connectivity index (χ1n) is 5.81. The van der Waals surface area contributed by atoms with Crippen molar-refractivity contribution >= 4 is 5.91 Å². The van der Waals surface area contributed by atoms with E-state index in [-0.39, 0.29) is 5.91 Å². The molecule has 3 nitrogen and oxygen atoms in total. The van der Waals surface area contributed by atoms with Crippen LogP contribution in [0.25, 0.3) is 0 Å². The Morgan fingerprint density at radius 1 is 1.47 bits per heavy atom. The number of likely N-dealkylation sites (tertiary alicyclic amines) is 1. The highest BCUT2D eigenvalue weighted by molar-refractivity contribution is 5.87. The molecule has 0 N–H and O–H groups in total. The van der Waals surface area contributed by atoms with Crippen molar-refractivity contribution in [3.05, 3.63) is 0 Å². The predicted octanol–water partition coefficient (Wildman–Crippen LogP) is 1.94. The zero-order valence-electron chi connectivity index (χ0n) is 9.49. The van der Waals surface area contributed by atoms with Gasteiger partial charge in [-0.2, -0.15) is 5.26 Å². The summed E-state index contributed by atoms with van der Waals surface area (Å²) in [6.07, 6.45) is 3.68. The minimum Gasteiger partial charge on any atom is -0.339 e. The molecule has 1 saturated carbocycles. The maximum Gasteiger partial charge on any atom is 0.243 e. The van der Waals surface area contributed by atoms with E-state index in [0.29, 0.717) is 12.0 Å². The molecule has 3 heteroatoms. The summed E-state index contributed by atoms with van der Waals surface area (Å²) in [7, 11) is 0. The van der Waals surface area contributed by atoms with Crippen LogP contribution in [-0.2, 0) is 4.79 Å². The van der Waals surface area contributed by atoms with Gasteiger partial charge in [0, 0.05) is 12.6 Å². The number of rotatable bonds is 1. The summed E-state index contributed by atoms with van der Waals surface area (Å²) >= 11 is 0. The van der Waals surface area contributed by atoms with Crippen LogP contribution >= 0.6 is 0 Å². The van der Waals surface area contributed by atoms with E-state index >= 15 is 0 Å². The molecule has 2 rings (SSSR count). The molecule has 1 aliphatic carbocycles. The van der Waals surface area contributed by atoms with Gasteiger partial charge in [0.1, 0.15) is 5.41 Å². The fraction of sp³-hybridized carbons (Fsp3) is 0.833. The minimum atomic E-state index is -0.669. The summed E-state index contributed by atoms with van der Waals surface area (Å²) in [6, 6.07) is 2.58. The molecular weight excluding hydrogens is 188 g/mol. The van der Waals surface area contributed by atoms with Crippen molar-refractivity contribution in [2.75, 3.05) is 6.54 Å². The fourth-order valence-electron chi connectivity index (χ4n) is 2.95. The van der Waals surface area contributed by atoms with Gasteiger partial charge >= 0.3 is 0 Å². The number of hydrogen-bond acceptors (Lipinski definition) is 2. The van der Waals surface area contributed by atoms with E-state index in [0.717, 1.165) is 32.2 Å². The molecule has 2 aliphatic rings. The molecule has 1 atom stereocenters. The van der Waals surface area contributed by atoms with Crippen molar-refractivity contribution in [1.82, 2.24) is 4.90 Å². The molecule has 0 bridgehead atoms. The number of amides is 1. The number of carbonyl (C=O) groups excluding carboxylic acids is 1. The summed E-state index contributed by atoms with van der Waals surface area (Å²) in [6.45, 7) is 5.03. The largest absolute Gasteiger partial charge is 0.339 e. The maximum absolute atomic E-state index is 12.2. The molecule has 1 heterocycles. The Morgan fingerprint density at radius 2 is 2.13 bits per heavy atom. The zero-order chi connectivity index (χ0) is 11.1. The zero-order valence-corrected chi connectivity index (χ0v) is 9.49. The third kappa shape index (κ3) is 1.52. The van der Waals surface area contributed by atoms with Crippen molar-refractivity contribution in [2.24, 2.45) is 11.3 Å². The van der Waals surface area contributed by atoms with Gasteiger partial charge in [0.05, 0.1) is 6.07 Å². The van der Waals surface area contributed by atoms with Crippen molar-refractivity contribution in [3.63, 3.8) is 0 Å². The van der Waals surface area contributed by atoms with Gasteiger partial charge in [-0.05, 0) is 38.5 Å². The van der Waals surface area contributed by atoms with Gasteiger partial charge in [-0.3, -0.25) is 4.79 Å². The summed E-state index contributed by atoms with van der Waals surface area (Å²) in [4.78, 5) is 14.2. The van der Waals surface area contributed by atoms with Crippen LogP contribution < -0.4 is 0 Å². The molecular formula is C12H18N2O. The molecule has 0 aromatic carbocycles. The predicted molar refractivity (Wildman–Crippen MR) is 56.9 cm³/mol.